The summed E-state index contributed by atoms with van der Waals surface area (Å²) >= 11 is 1.79. The van der Waals surface area contributed by atoms with Gasteiger partial charge in [0.25, 0.3) is 0 Å². The molecule has 2 aromatic carbocycles. The van der Waals surface area contributed by atoms with Crippen LogP contribution in [0, 0.1) is 6.92 Å². The number of hydrogen-bond acceptors (Lipinski definition) is 5. The standard InChI is InChI=1S/C22H26N4OS/c1-3-20(18-9-5-4-6-10-18)28-22-24-23-21(25-12-14-27-15-13-25)26(22)19-11-7-8-17(2)16-19/h4-11,16,20H,3,12-15H2,1-2H3. The Hall–Kier alpha value is -2.31. The maximum Gasteiger partial charge on any atom is 0.232 e. The van der Waals surface area contributed by atoms with Crippen molar-refractivity contribution in [2.75, 3.05) is 31.2 Å². The molecule has 146 valence electrons. The molecule has 0 radical (unpaired) electrons. The largest absolute Gasteiger partial charge is 0.378 e. The highest BCUT2D eigenvalue weighted by molar-refractivity contribution is 7.99. The smallest absolute Gasteiger partial charge is 0.232 e. The first kappa shape index (κ1) is 19.0. The first-order valence-corrected chi connectivity index (χ1v) is 10.7. The van der Waals surface area contributed by atoms with Gasteiger partial charge in [-0.2, -0.15) is 0 Å². The van der Waals surface area contributed by atoms with Gasteiger partial charge in [0.2, 0.25) is 5.95 Å². The summed E-state index contributed by atoms with van der Waals surface area (Å²) in [5.41, 5.74) is 3.66. The number of hydrogen-bond donors (Lipinski definition) is 0. The average Bonchev–Trinajstić information content (AvgIpc) is 3.17. The third kappa shape index (κ3) is 4.08. The number of aromatic nitrogens is 3. The van der Waals surface area contributed by atoms with Crippen molar-refractivity contribution in [3.05, 3.63) is 65.7 Å². The Balaban J connectivity index is 1.73. The molecular formula is C22H26N4OS. The molecule has 6 heteroatoms. The fourth-order valence-electron chi connectivity index (χ4n) is 3.48. The van der Waals surface area contributed by atoms with Crippen LogP contribution < -0.4 is 4.90 Å². The summed E-state index contributed by atoms with van der Waals surface area (Å²) in [4.78, 5) is 2.27. The molecule has 1 saturated heterocycles. The van der Waals surface area contributed by atoms with Crippen LogP contribution in [0.15, 0.2) is 59.8 Å². The maximum atomic E-state index is 5.53. The third-order valence-electron chi connectivity index (χ3n) is 4.96. The topological polar surface area (TPSA) is 43.2 Å². The molecule has 0 bridgehead atoms. The number of benzene rings is 2. The number of morpholine rings is 1. The van der Waals surface area contributed by atoms with Gasteiger partial charge in [0.1, 0.15) is 0 Å². The summed E-state index contributed by atoms with van der Waals surface area (Å²) in [5.74, 6) is 0.902. The SMILES string of the molecule is CCC(Sc1nnc(N2CCOCC2)n1-c1cccc(C)c1)c1ccccc1. The summed E-state index contributed by atoms with van der Waals surface area (Å²) in [6, 6.07) is 19.2. The Morgan fingerprint density at radius 3 is 2.54 bits per heavy atom. The molecular weight excluding hydrogens is 368 g/mol. The molecule has 0 amide bonds. The van der Waals surface area contributed by atoms with Crippen molar-refractivity contribution in [2.24, 2.45) is 0 Å². The zero-order valence-corrected chi connectivity index (χ0v) is 17.2. The van der Waals surface area contributed by atoms with Crippen molar-refractivity contribution in [1.29, 1.82) is 0 Å². The molecule has 0 spiro atoms. The van der Waals surface area contributed by atoms with Crippen LogP contribution in [-0.2, 0) is 4.74 Å². The molecule has 0 saturated carbocycles. The van der Waals surface area contributed by atoms with E-state index in [1.165, 1.54) is 11.1 Å². The zero-order valence-electron chi connectivity index (χ0n) is 16.4. The minimum atomic E-state index is 0.339. The van der Waals surface area contributed by atoms with Gasteiger partial charge in [-0.3, -0.25) is 4.57 Å². The van der Waals surface area contributed by atoms with E-state index in [9.17, 15) is 0 Å². The van der Waals surface area contributed by atoms with E-state index in [0.717, 1.165) is 49.5 Å². The predicted octanol–water partition coefficient (Wildman–Crippen LogP) is 4.66. The van der Waals surface area contributed by atoms with Gasteiger partial charge in [0, 0.05) is 18.3 Å². The van der Waals surface area contributed by atoms with E-state index in [4.69, 9.17) is 4.74 Å². The van der Waals surface area contributed by atoms with Crippen molar-refractivity contribution >= 4 is 17.7 Å². The van der Waals surface area contributed by atoms with Crippen molar-refractivity contribution in [3.63, 3.8) is 0 Å². The minimum Gasteiger partial charge on any atom is -0.378 e. The van der Waals surface area contributed by atoms with Crippen LogP contribution in [0.4, 0.5) is 5.95 Å². The van der Waals surface area contributed by atoms with Gasteiger partial charge < -0.3 is 9.64 Å². The lowest BCUT2D eigenvalue weighted by Crippen LogP contribution is -2.37. The lowest BCUT2D eigenvalue weighted by atomic mass is 10.1. The van der Waals surface area contributed by atoms with E-state index in [2.05, 4.69) is 88.1 Å². The van der Waals surface area contributed by atoms with Crippen LogP contribution in [0.25, 0.3) is 5.69 Å². The molecule has 3 aromatic rings. The Morgan fingerprint density at radius 1 is 1.04 bits per heavy atom. The molecule has 1 fully saturated rings. The molecule has 0 aliphatic carbocycles. The van der Waals surface area contributed by atoms with E-state index in [1.54, 1.807) is 11.8 Å². The Morgan fingerprint density at radius 2 is 1.82 bits per heavy atom. The van der Waals surface area contributed by atoms with E-state index >= 15 is 0 Å². The molecule has 2 heterocycles. The third-order valence-corrected chi connectivity index (χ3v) is 6.32. The first-order chi connectivity index (χ1) is 13.8. The Labute approximate surface area is 170 Å². The number of ether oxygens (including phenoxy) is 1. The van der Waals surface area contributed by atoms with Crippen molar-refractivity contribution in [3.8, 4) is 5.69 Å². The van der Waals surface area contributed by atoms with E-state index in [0.29, 0.717) is 5.25 Å². The lowest BCUT2D eigenvalue weighted by molar-refractivity contribution is 0.122. The summed E-state index contributed by atoms with van der Waals surface area (Å²) in [7, 11) is 0. The maximum absolute atomic E-state index is 5.53. The molecule has 5 nitrogen and oxygen atoms in total. The van der Waals surface area contributed by atoms with Gasteiger partial charge in [-0.25, -0.2) is 0 Å². The molecule has 0 N–H and O–H groups in total. The fraction of sp³-hybridized carbons (Fsp3) is 0.364. The second-order valence-electron chi connectivity index (χ2n) is 6.98. The van der Waals surface area contributed by atoms with Crippen LogP contribution in [0.2, 0.25) is 0 Å². The van der Waals surface area contributed by atoms with Crippen LogP contribution >= 0.6 is 11.8 Å². The Kier molecular flexibility index (Phi) is 5.98. The van der Waals surface area contributed by atoms with E-state index in [-0.39, 0.29) is 0 Å². The van der Waals surface area contributed by atoms with Crippen LogP contribution in [-0.4, -0.2) is 41.1 Å². The quantitative estimate of drug-likeness (QED) is 0.569. The average molecular weight is 395 g/mol. The summed E-state index contributed by atoms with van der Waals surface area (Å²) in [6.45, 7) is 7.47. The van der Waals surface area contributed by atoms with Gasteiger partial charge in [0.05, 0.1) is 18.9 Å². The highest BCUT2D eigenvalue weighted by atomic mass is 32.2. The first-order valence-electron chi connectivity index (χ1n) is 9.83. The zero-order chi connectivity index (χ0) is 19.3. The normalized spacial score (nSPS) is 15.6. The van der Waals surface area contributed by atoms with Gasteiger partial charge >= 0.3 is 0 Å². The fourth-order valence-corrected chi connectivity index (χ4v) is 4.58. The molecule has 28 heavy (non-hydrogen) atoms. The van der Waals surface area contributed by atoms with Crippen molar-refractivity contribution in [2.45, 2.75) is 30.7 Å². The summed E-state index contributed by atoms with van der Waals surface area (Å²) in [5, 5.41) is 10.5. The number of rotatable bonds is 6. The molecule has 1 aromatic heterocycles. The lowest BCUT2D eigenvalue weighted by Gasteiger charge is -2.28. The summed E-state index contributed by atoms with van der Waals surface area (Å²) in [6.07, 6.45) is 1.03. The molecule has 4 rings (SSSR count). The second-order valence-corrected chi connectivity index (χ2v) is 8.15. The number of nitrogens with zero attached hydrogens (tertiary/aromatic N) is 4. The number of anilines is 1. The van der Waals surface area contributed by atoms with Crippen LogP contribution in [0.1, 0.15) is 29.7 Å². The van der Waals surface area contributed by atoms with Gasteiger partial charge in [0.15, 0.2) is 5.16 Å². The van der Waals surface area contributed by atoms with Crippen molar-refractivity contribution < 1.29 is 4.74 Å². The van der Waals surface area contributed by atoms with E-state index in [1.807, 2.05) is 0 Å². The van der Waals surface area contributed by atoms with Gasteiger partial charge in [-0.05, 0) is 36.6 Å². The molecule has 1 aliphatic rings. The molecule has 1 unspecified atom stereocenters. The van der Waals surface area contributed by atoms with Crippen molar-refractivity contribution in [1.82, 2.24) is 14.8 Å². The second kappa shape index (κ2) is 8.80. The van der Waals surface area contributed by atoms with Gasteiger partial charge in [-0.1, -0.05) is 61.2 Å². The number of aryl methyl sites for hydroxylation is 1. The molecule has 1 aliphatic heterocycles. The number of thioether (sulfide) groups is 1. The monoisotopic (exact) mass is 394 g/mol. The highest BCUT2D eigenvalue weighted by Gasteiger charge is 2.24. The predicted molar refractivity (Wildman–Crippen MR) is 114 cm³/mol. The molecule has 1 atom stereocenters. The van der Waals surface area contributed by atoms with Crippen LogP contribution in [0.3, 0.4) is 0 Å². The van der Waals surface area contributed by atoms with E-state index < -0.39 is 0 Å². The highest BCUT2D eigenvalue weighted by Crippen LogP contribution is 2.39. The summed E-state index contributed by atoms with van der Waals surface area (Å²) < 4.78 is 7.73. The van der Waals surface area contributed by atoms with Crippen LogP contribution in [0.5, 0.6) is 0 Å². The minimum absolute atomic E-state index is 0.339. The van der Waals surface area contributed by atoms with Gasteiger partial charge in [-0.15, -0.1) is 10.2 Å². The Bertz CT molecular complexity index is 906.